The predicted octanol–water partition coefficient (Wildman–Crippen LogP) is 8.28. The van der Waals surface area contributed by atoms with Crippen molar-refractivity contribution in [3.8, 4) is 0 Å². The lowest BCUT2D eigenvalue weighted by atomic mass is 9.53. The Morgan fingerprint density at radius 3 is 0.808 bits per heavy atom. The molecule has 5 aromatic carbocycles. The Labute approximate surface area is 300 Å². The maximum atomic E-state index is 14.7. The van der Waals surface area contributed by atoms with Crippen LogP contribution in [0.1, 0.15) is 113 Å². The first-order chi connectivity index (χ1) is 25.3. The monoisotopic (exact) mass is 682 g/mol. The Bertz CT molecular complexity index is 2100. The first kappa shape index (κ1) is 32.1. The highest BCUT2D eigenvalue weighted by atomic mass is 16.2. The number of rotatable bonds is 4. The van der Waals surface area contributed by atoms with Crippen LogP contribution in [0.15, 0.2) is 133 Å². The van der Waals surface area contributed by atoms with E-state index in [0.717, 1.165) is 11.1 Å². The fourth-order valence-corrected chi connectivity index (χ4v) is 10.2. The summed E-state index contributed by atoms with van der Waals surface area (Å²) >= 11 is 0. The van der Waals surface area contributed by atoms with Gasteiger partial charge in [-0.1, -0.05) is 133 Å². The largest absolute Gasteiger partial charge is 0.300 e. The number of Topliss-reactive ketones (excluding diaryl/α,β-unsaturated/α-hetero) is 6. The molecule has 0 N–H and O–H groups in total. The summed E-state index contributed by atoms with van der Waals surface area (Å²) in [6.07, 6.45) is 0.176. The van der Waals surface area contributed by atoms with Crippen LogP contribution in [-0.4, -0.2) is 34.7 Å². The van der Waals surface area contributed by atoms with Crippen molar-refractivity contribution in [2.75, 3.05) is 0 Å². The van der Waals surface area contributed by atoms with E-state index in [4.69, 9.17) is 0 Å². The van der Waals surface area contributed by atoms with E-state index in [9.17, 15) is 28.8 Å². The molecule has 0 radical (unpaired) electrons. The lowest BCUT2D eigenvalue weighted by Crippen LogP contribution is -2.50. The van der Waals surface area contributed by atoms with Gasteiger partial charge in [0, 0.05) is 71.6 Å². The summed E-state index contributed by atoms with van der Waals surface area (Å²) in [5, 5.41) is 0. The molecule has 0 bridgehead atoms. The molecular weight excluding hydrogens is 649 g/mol. The van der Waals surface area contributed by atoms with Crippen LogP contribution in [0, 0.1) is 10.8 Å². The Morgan fingerprint density at radius 2 is 0.538 bits per heavy atom. The van der Waals surface area contributed by atoms with E-state index < -0.39 is 34.5 Å². The highest BCUT2D eigenvalue weighted by Gasteiger charge is 2.66. The number of fused-ring (bicyclic) bond motifs is 2. The average molecular weight is 683 g/mol. The van der Waals surface area contributed by atoms with E-state index in [0.29, 0.717) is 33.4 Å². The third-order valence-corrected chi connectivity index (χ3v) is 12.4. The summed E-state index contributed by atoms with van der Waals surface area (Å²) < 4.78 is 0. The van der Waals surface area contributed by atoms with Gasteiger partial charge in [0.2, 0.25) is 0 Å². The zero-order chi connectivity index (χ0) is 35.8. The van der Waals surface area contributed by atoms with Crippen LogP contribution in [0.3, 0.4) is 0 Å². The van der Waals surface area contributed by atoms with Crippen molar-refractivity contribution in [2.24, 2.45) is 10.8 Å². The molecule has 0 heterocycles. The van der Waals surface area contributed by atoms with Crippen molar-refractivity contribution in [2.45, 2.75) is 49.4 Å². The van der Waals surface area contributed by atoms with Gasteiger partial charge in [-0.25, -0.2) is 0 Å². The molecule has 4 atom stereocenters. The summed E-state index contributed by atoms with van der Waals surface area (Å²) in [6, 6.07) is 39.8. The molecule has 52 heavy (non-hydrogen) atoms. The third-order valence-electron chi connectivity index (χ3n) is 12.4. The number of hydrogen-bond donors (Lipinski definition) is 0. The maximum Gasteiger partial charge on any atom is 0.178 e. The summed E-state index contributed by atoms with van der Waals surface area (Å²) in [7, 11) is 0. The minimum absolute atomic E-state index is 0.0162. The normalized spacial score (nSPS) is 24.4. The van der Waals surface area contributed by atoms with Crippen LogP contribution in [-0.2, 0) is 9.59 Å². The second-order valence-electron chi connectivity index (χ2n) is 14.7. The smallest absolute Gasteiger partial charge is 0.178 e. The van der Waals surface area contributed by atoms with Gasteiger partial charge in [-0.3, -0.25) is 28.8 Å². The van der Waals surface area contributed by atoms with Gasteiger partial charge < -0.3 is 0 Å². The van der Waals surface area contributed by atoms with Gasteiger partial charge in [0.25, 0.3) is 0 Å². The highest BCUT2D eigenvalue weighted by molar-refractivity contribution is 6.32. The summed E-state index contributed by atoms with van der Waals surface area (Å²) in [4.78, 5) is 85.9. The molecule has 254 valence electrons. The van der Waals surface area contributed by atoms with Crippen molar-refractivity contribution < 1.29 is 28.8 Å². The number of carbonyl (C=O) groups is 6. The molecule has 6 nitrogen and oxygen atoms in total. The van der Waals surface area contributed by atoms with E-state index >= 15 is 0 Å². The van der Waals surface area contributed by atoms with E-state index in [1.54, 1.807) is 48.5 Å². The van der Waals surface area contributed by atoms with Crippen LogP contribution in [0.25, 0.3) is 0 Å². The quantitative estimate of drug-likeness (QED) is 0.177. The number of ketones is 6. The van der Waals surface area contributed by atoms with Crippen molar-refractivity contribution in [3.63, 3.8) is 0 Å². The molecule has 2 fully saturated rings. The third kappa shape index (κ3) is 4.30. The van der Waals surface area contributed by atoms with Gasteiger partial charge in [-0.15, -0.1) is 0 Å². The van der Waals surface area contributed by atoms with Crippen molar-refractivity contribution >= 4 is 34.7 Å². The zero-order valence-electron chi connectivity index (χ0n) is 28.3. The summed E-state index contributed by atoms with van der Waals surface area (Å²) in [5.74, 6) is -3.99. The van der Waals surface area contributed by atoms with Crippen molar-refractivity contribution in [3.05, 3.63) is 178 Å². The molecular formula is C46H34O6. The molecule has 4 aliphatic rings. The number of benzene rings is 5. The number of carbonyl (C=O) groups excluding carboxylic acids is 6. The van der Waals surface area contributed by atoms with E-state index in [2.05, 4.69) is 0 Å². The van der Waals surface area contributed by atoms with Gasteiger partial charge >= 0.3 is 0 Å². The molecule has 0 saturated heterocycles. The van der Waals surface area contributed by atoms with E-state index in [1.165, 1.54) is 0 Å². The number of hydrogen-bond acceptors (Lipinski definition) is 6. The SMILES string of the molecule is O=C1C[C@H](c2ccccc2)C2(C(=O)c3ccccc3C2=O)[C@@H](c2ccc([C@H]3CC(=O)C[C@@H](c4ccccc4)C34C(=O)c3ccccc3C4=O)cc2)C1. The standard InChI is InChI=1S/C46H34O6/c47-31-23-37(27-11-3-1-4-12-27)45(41(49)33-15-7-8-16-34(33)42(45)50)39(25-31)29-19-21-30(22-20-29)40-26-32(48)24-38(28-13-5-2-6-14-28)46(40)43(51)35-17-9-10-18-36(35)44(46)52/h1-22,37-40H,23-26H2/t37-,38+,39-,40-/m1/s1. The van der Waals surface area contributed by atoms with E-state index in [1.807, 2.05) is 84.9 Å². The molecule has 5 aromatic rings. The lowest BCUT2D eigenvalue weighted by Gasteiger charge is -2.46. The van der Waals surface area contributed by atoms with Gasteiger partial charge in [-0.05, 0) is 22.3 Å². The first-order valence-corrected chi connectivity index (χ1v) is 17.9. The molecule has 2 spiro atoms. The molecule has 0 aromatic heterocycles. The Kier molecular flexibility index (Phi) is 7.30. The fourth-order valence-electron chi connectivity index (χ4n) is 10.2. The van der Waals surface area contributed by atoms with Gasteiger partial charge in [-0.2, -0.15) is 0 Å². The Balaban J connectivity index is 1.19. The zero-order valence-corrected chi connectivity index (χ0v) is 28.3. The van der Waals surface area contributed by atoms with Crippen LogP contribution >= 0.6 is 0 Å². The average Bonchev–Trinajstić information content (AvgIpc) is 3.54. The Hall–Kier alpha value is -5.88. The van der Waals surface area contributed by atoms with Crippen molar-refractivity contribution in [1.82, 2.24) is 0 Å². The second kappa shape index (κ2) is 11.8. The van der Waals surface area contributed by atoms with Gasteiger partial charge in [0.15, 0.2) is 23.1 Å². The molecule has 0 aliphatic heterocycles. The molecule has 6 heteroatoms. The Morgan fingerprint density at radius 1 is 0.308 bits per heavy atom. The maximum absolute atomic E-state index is 14.7. The van der Waals surface area contributed by atoms with Gasteiger partial charge in [0.1, 0.15) is 22.4 Å². The first-order valence-electron chi connectivity index (χ1n) is 17.9. The molecule has 4 aliphatic carbocycles. The van der Waals surface area contributed by atoms with Gasteiger partial charge in [0.05, 0.1) is 0 Å². The van der Waals surface area contributed by atoms with Crippen LogP contribution < -0.4 is 0 Å². The fraction of sp³-hybridized carbons (Fsp3) is 0.217. The highest BCUT2D eigenvalue weighted by Crippen LogP contribution is 2.62. The molecule has 9 rings (SSSR count). The topological polar surface area (TPSA) is 102 Å². The molecule has 2 saturated carbocycles. The molecule has 0 amide bonds. The minimum atomic E-state index is -1.53. The second-order valence-corrected chi connectivity index (χ2v) is 14.7. The van der Waals surface area contributed by atoms with E-state index in [-0.39, 0.29) is 60.4 Å². The van der Waals surface area contributed by atoms with Crippen LogP contribution in [0.4, 0.5) is 0 Å². The van der Waals surface area contributed by atoms with Crippen LogP contribution in [0.5, 0.6) is 0 Å². The summed E-state index contributed by atoms with van der Waals surface area (Å²) in [5.41, 5.74) is 1.26. The minimum Gasteiger partial charge on any atom is -0.300 e. The van der Waals surface area contributed by atoms with Crippen LogP contribution in [0.2, 0.25) is 0 Å². The van der Waals surface area contributed by atoms with Crippen molar-refractivity contribution in [1.29, 1.82) is 0 Å². The lowest BCUT2D eigenvalue weighted by molar-refractivity contribution is -0.123. The predicted molar refractivity (Wildman–Crippen MR) is 194 cm³/mol. The summed E-state index contributed by atoms with van der Waals surface area (Å²) in [6.45, 7) is 0. The molecule has 0 unspecified atom stereocenters.